The van der Waals surface area contributed by atoms with Crippen LogP contribution in [0.4, 0.5) is 0 Å². The van der Waals surface area contributed by atoms with Crippen molar-refractivity contribution in [2.45, 2.75) is 0 Å². The van der Waals surface area contributed by atoms with Crippen molar-refractivity contribution < 1.29 is 0 Å². The van der Waals surface area contributed by atoms with Gasteiger partial charge in [0.05, 0.1) is 22.8 Å². The molecule has 1 aliphatic rings. The molecule has 0 saturated heterocycles. The van der Waals surface area contributed by atoms with Gasteiger partial charge >= 0.3 is 0 Å². The highest BCUT2D eigenvalue weighted by Crippen LogP contribution is 2.41. The molecule has 0 atom stereocenters. The van der Waals surface area contributed by atoms with Crippen LogP contribution < -0.4 is 5.32 Å². The van der Waals surface area contributed by atoms with Crippen LogP contribution in [0.15, 0.2) is 212 Å². The van der Waals surface area contributed by atoms with Gasteiger partial charge < -0.3 is 5.32 Å². The Morgan fingerprint density at radius 3 is 1.74 bits per heavy atom. The lowest BCUT2D eigenvalue weighted by molar-refractivity contribution is 1.18. The monoisotopic (exact) mass is 810 g/mol. The molecule has 8 aromatic carbocycles. The molecule has 292 valence electrons. The van der Waals surface area contributed by atoms with Gasteiger partial charge in [0, 0.05) is 59.3 Å². The fraction of sp³-hybridized carbons (Fsp3) is 0. The molecule has 3 heterocycles. The van der Waals surface area contributed by atoms with Gasteiger partial charge in [0.1, 0.15) is 0 Å². The average Bonchev–Trinajstić information content (AvgIpc) is 3.74. The van der Waals surface area contributed by atoms with Crippen molar-refractivity contribution in [3.63, 3.8) is 0 Å². The molecule has 5 heteroatoms. The van der Waals surface area contributed by atoms with Crippen molar-refractivity contribution >= 4 is 60.3 Å². The highest BCUT2D eigenvalue weighted by molar-refractivity contribution is 7.26. The van der Waals surface area contributed by atoms with Crippen LogP contribution in [0.2, 0.25) is 0 Å². The molecule has 0 spiro atoms. The summed E-state index contributed by atoms with van der Waals surface area (Å²) in [6.45, 7) is 0. The van der Waals surface area contributed by atoms with Gasteiger partial charge in [-0.1, -0.05) is 200 Å². The van der Waals surface area contributed by atoms with Crippen molar-refractivity contribution in [2.75, 3.05) is 0 Å². The van der Waals surface area contributed by atoms with E-state index in [1.54, 1.807) is 0 Å². The Hall–Kier alpha value is -7.99. The first kappa shape index (κ1) is 37.0. The lowest BCUT2D eigenvalue weighted by atomic mass is 9.88. The summed E-state index contributed by atoms with van der Waals surface area (Å²) in [5.74, 6) is 0.659. The first-order valence-electron chi connectivity index (χ1n) is 20.7. The third-order valence-corrected chi connectivity index (χ3v) is 12.8. The van der Waals surface area contributed by atoms with Crippen LogP contribution in [0.5, 0.6) is 0 Å². The molecule has 0 unspecified atom stereocenters. The maximum atomic E-state index is 9.52. The highest BCUT2D eigenvalue weighted by atomic mass is 32.1. The number of benzene rings is 8. The summed E-state index contributed by atoms with van der Waals surface area (Å²) in [4.78, 5) is 10.3. The van der Waals surface area contributed by atoms with Gasteiger partial charge in [-0.15, -0.1) is 11.3 Å². The molecule has 2 aromatic heterocycles. The highest BCUT2D eigenvalue weighted by Gasteiger charge is 2.24. The van der Waals surface area contributed by atoms with Gasteiger partial charge in [0.15, 0.2) is 5.82 Å². The number of hydrogen-bond acceptors (Lipinski definition) is 5. The van der Waals surface area contributed by atoms with Crippen molar-refractivity contribution in [2.24, 2.45) is 0 Å². The minimum atomic E-state index is 0.458. The normalized spacial score (nSPS) is 13.0. The topological polar surface area (TPSA) is 61.7 Å². The van der Waals surface area contributed by atoms with Gasteiger partial charge in [-0.05, 0) is 46.0 Å². The third-order valence-electron chi connectivity index (χ3n) is 11.6. The first-order valence-corrected chi connectivity index (χ1v) is 21.5. The minimum Gasteiger partial charge on any atom is -0.354 e. The SMILES string of the molecule is N=C(/C(=C1\NC(c2ccc(-c3nc(-c4ccccc4)cc(-c4ccc(-c5cccc6c5sc5ccccc56)cc4)n3)cc2)=Cc2ccccc21)c1ccccc1)c1ccccc1. The molecule has 1 aliphatic heterocycles. The summed E-state index contributed by atoms with van der Waals surface area (Å²) in [6, 6.07) is 73.5. The first-order chi connectivity index (χ1) is 30.6. The quantitative estimate of drug-likeness (QED) is 0.150. The summed E-state index contributed by atoms with van der Waals surface area (Å²) in [7, 11) is 0. The molecule has 10 aromatic rings. The smallest absolute Gasteiger partial charge is 0.160 e. The van der Waals surface area contributed by atoms with E-state index in [1.807, 2.05) is 78.1 Å². The number of aromatic nitrogens is 2. The Bertz CT molecular complexity index is 3350. The Balaban J connectivity index is 0.963. The zero-order valence-corrected chi connectivity index (χ0v) is 34.4. The molecule has 0 saturated carbocycles. The second-order valence-corrected chi connectivity index (χ2v) is 16.4. The second kappa shape index (κ2) is 15.9. The van der Waals surface area contributed by atoms with Crippen molar-refractivity contribution in [3.05, 3.63) is 240 Å². The molecule has 0 amide bonds. The van der Waals surface area contributed by atoms with Gasteiger partial charge in [0.25, 0.3) is 0 Å². The fourth-order valence-electron chi connectivity index (χ4n) is 8.44. The van der Waals surface area contributed by atoms with Gasteiger partial charge in [-0.3, -0.25) is 5.41 Å². The summed E-state index contributed by atoms with van der Waals surface area (Å²) in [5.41, 5.74) is 15.3. The summed E-state index contributed by atoms with van der Waals surface area (Å²) >= 11 is 1.85. The number of allylic oxidation sites excluding steroid dienone is 1. The Morgan fingerprint density at radius 2 is 1.00 bits per heavy atom. The summed E-state index contributed by atoms with van der Waals surface area (Å²) in [6.07, 6.45) is 2.19. The standard InChI is InChI=1S/C57H38N4S/c58-54(42-19-8-3-9-20-42)53(41-17-6-2-7-18-41)55-45-22-11-10-21-44(45)35-49(59-55)39-31-33-43(34-32-39)57-60-50(38-15-4-1-5-16-38)36-51(61-57)40-29-27-37(28-30-40)46-24-14-25-48-47-23-12-13-26-52(47)62-56(46)48/h1-36,58-59H/b55-53-,58-54?. The predicted molar refractivity (Wildman–Crippen MR) is 261 cm³/mol. The zero-order chi connectivity index (χ0) is 41.4. The molecular weight excluding hydrogens is 773 g/mol. The Kier molecular flexibility index (Phi) is 9.49. The van der Waals surface area contributed by atoms with Gasteiger partial charge in [0.2, 0.25) is 0 Å². The lowest BCUT2D eigenvalue weighted by Gasteiger charge is -2.26. The van der Waals surface area contributed by atoms with Crippen LogP contribution in [0.1, 0.15) is 27.8 Å². The van der Waals surface area contributed by atoms with E-state index in [0.717, 1.165) is 72.9 Å². The molecule has 62 heavy (non-hydrogen) atoms. The fourth-order valence-corrected chi connectivity index (χ4v) is 9.68. The molecular formula is C57H38N4S. The molecule has 11 rings (SSSR count). The average molecular weight is 811 g/mol. The van der Waals surface area contributed by atoms with Crippen LogP contribution in [0.25, 0.3) is 88.2 Å². The van der Waals surface area contributed by atoms with E-state index < -0.39 is 0 Å². The minimum absolute atomic E-state index is 0.458. The molecule has 4 nitrogen and oxygen atoms in total. The van der Waals surface area contributed by atoms with Crippen LogP contribution in [0, 0.1) is 5.41 Å². The number of nitrogens with zero attached hydrogens (tertiary/aromatic N) is 2. The van der Waals surface area contributed by atoms with Crippen molar-refractivity contribution in [1.82, 2.24) is 15.3 Å². The molecule has 0 radical (unpaired) electrons. The van der Waals surface area contributed by atoms with Crippen LogP contribution in [0.3, 0.4) is 0 Å². The van der Waals surface area contributed by atoms with E-state index in [-0.39, 0.29) is 0 Å². The van der Waals surface area contributed by atoms with E-state index >= 15 is 0 Å². The van der Waals surface area contributed by atoms with E-state index in [4.69, 9.17) is 9.97 Å². The largest absolute Gasteiger partial charge is 0.354 e. The second-order valence-electron chi connectivity index (χ2n) is 15.4. The van der Waals surface area contributed by atoms with Crippen LogP contribution >= 0.6 is 11.3 Å². The van der Waals surface area contributed by atoms with Gasteiger partial charge in [-0.2, -0.15) is 0 Å². The number of nitrogens with one attached hydrogen (secondary N) is 2. The van der Waals surface area contributed by atoms with E-state index in [0.29, 0.717) is 11.5 Å². The number of hydrogen-bond donors (Lipinski definition) is 2. The van der Waals surface area contributed by atoms with E-state index in [9.17, 15) is 5.41 Å². The number of fused-ring (bicyclic) bond motifs is 4. The molecule has 0 bridgehead atoms. The van der Waals surface area contributed by atoms with Crippen LogP contribution in [-0.4, -0.2) is 15.7 Å². The predicted octanol–water partition coefficient (Wildman–Crippen LogP) is 14.6. The summed E-state index contributed by atoms with van der Waals surface area (Å²) in [5, 5.41) is 15.9. The third kappa shape index (κ3) is 6.90. The van der Waals surface area contributed by atoms with E-state index in [1.165, 1.54) is 31.3 Å². The van der Waals surface area contributed by atoms with Crippen LogP contribution in [-0.2, 0) is 0 Å². The maximum absolute atomic E-state index is 9.52. The number of rotatable bonds is 8. The Labute approximate surface area is 364 Å². The maximum Gasteiger partial charge on any atom is 0.160 e. The van der Waals surface area contributed by atoms with Crippen molar-refractivity contribution in [1.29, 1.82) is 5.41 Å². The lowest BCUT2D eigenvalue weighted by Crippen LogP contribution is -2.20. The van der Waals surface area contributed by atoms with E-state index in [2.05, 4.69) is 157 Å². The van der Waals surface area contributed by atoms with Crippen molar-refractivity contribution in [3.8, 4) is 45.0 Å². The molecule has 0 aliphatic carbocycles. The zero-order valence-electron chi connectivity index (χ0n) is 33.6. The van der Waals surface area contributed by atoms with Gasteiger partial charge in [-0.25, -0.2) is 9.97 Å². The molecule has 0 fully saturated rings. The summed E-state index contributed by atoms with van der Waals surface area (Å²) < 4.78 is 2.61. The number of thiophene rings is 1. The molecule has 2 N–H and O–H groups in total. The Morgan fingerprint density at radius 1 is 0.452 bits per heavy atom.